The van der Waals surface area contributed by atoms with Gasteiger partial charge in [-0.1, -0.05) is 12.1 Å². The first-order valence-electron chi connectivity index (χ1n) is 3.23. The zero-order chi connectivity index (χ0) is 6.97. The van der Waals surface area contributed by atoms with Gasteiger partial charge < -0.3 is 4.74 Å². The first kappa shape index (κ1) is 5.86. The van der Waals surface area contributed by atoms with Gasteiger partial charge in [-0.15, -0.1) is 0 Å². The van der Waals surface area contributed by atoms with Crippen LogP contribution in [0.4, 0.5) is 4.39 Å². The summed E-state index contributed by atoms with van der Waals surface area (Å²) in [5, 5.41) is 0. The second-order valence-corrected chi connectivity index (χ2v) is 2.38. The first-order valence-corrected chi connectivity index (χ1v) is 3.23. The Bertz CT molecular complexity index is 243. The predicted octanol–water partition coefficient (Wildman–Crippen LogP) is 1.90. The summed E-state index contributed by atoms with van der Waals surface area (Å²) in [6.45, 7) is 0.740. The van der Waals surface area contributed by atoms with Crippen LogP contribution in [-0.4, -0.2) is 6.61 Å². The second-order valence-electron chi connectivity index (χ2n) is 2.38. The average molecular weight is 138 g/mol. The minimum atomic E-state index is -0.187. The van der Waals surface area contributed by atoms with Gasteiger partial charge in [0.1, 0.15) is 11.9 Å². The molecule has 0 saturated carbocycles. The molecule has 1 aromatic carbocycles. The van der Waals surface area contributed by atoms with E-state index in [0.717, 1.165) is 12.2 Å². The Labute approximate surface area is 58.4 Å². The van der Waals surface area contributed by atoms with E-state index in [2.05, 4.69) is 0 Å². The monoisotopic (exact) mass is 138 g/mol. The van der Waals surface area contributed by atoms with Crippen LogP contribution in [0.1, 0.15) is 11.7 Å². The maximum atomic E-state index is 12.5. The van der Waals surface area contributed by atoms with Gasteiger partial charge in [-0.2, -0.15) is 0 Å². The lowest BCUT2D eigenvalue weighted by molar-refractivity contribution is 0.415. The van der Waals surface area contributed by atoms with E-state index < -0.39 is 0 Å². The minimum absolute atomic E-state index is 0.163. The normalized spacial score (nSPS) is 22.7. The van der Waals surface area contributed by atoms with Gasteiger partial charge in [0.05, 0.1) is 6.61 Å². The second kappa shape index (κ2) is 2.06. The SMILES string of the molecule is Fc1cccc([C@@H]2CO2)c1. The Morgan fingerprint density at radius 1 is 1.50 bits per heavy atom. The van der Waals surface area contributed by atoms with Crippen molar-refractivity contribution in [3.8, 4) is 0 Å². The highest BCUT2D eigenvalue weighted by molar-refractivity contribution is 5.21. The molecule has 2 heteroatoms. The van der Waals surface area contributed by atoms with Gasteiger partial charge in [-0.3, -0.25) is 0 Å². The lowest BCUT2D eigenvalue weighted by Gasteiger charge is -1.92. The average Bonchev–Trinajstić information content (AvgIpc) is 2.68. The van der Waals surface area contributed by atoms with E-state index in [4.69, 9.17) is 4.74 Å². The third kappa shape index (κ3) is 1.02. The van der Waals surface area contributed by atoms with Gasteiger partial charge in [0.2, 0.25) is 0 Å². The Balaban J connectivity index is 2.32. The largest absolute Gasteiger partial charge is 0.368 e. The van der Waals surface area contributed by atoms with Gasteiger partial charge in [0, 0.05) is 0 Å². The number of rotatable bonds is 1. The summed E-state index contributed by atoms with van der Waals surface area (Å²) in [6.07, 6.45) is 0.163. The molecule has 0 aliphatic carbocycles. The molecule has 0 N–H and O–H groups in total. The molecule has 1 aliphatic heterocycles. The molecule has 10 heavy (non-hydrogen) atoms. The van der Waals surface area contributed by atoms with Gasteiger partial charge in [0.15, 0.2) is 0 Å². The van der Waals surface area contributed by atoms with Crippen LogP contribution in [0, 0.1) is 5.82 Å². The molecule has 0 spiro atoms. The highest BCUT2D eigenvalue weighted by atomic mass is 19.1. The van der Waals surface area contributed by atoms with E-state index in [9.17, 15) is 4.39 Å². The number of epoxide rings is 1. The first-order chi connectivity index (χ1) is 4.86. The summed E-state index contributed by atoms with van der Waals surface area (Å²) in [4.78, 5) is 0. The molecule has 1 fully saturated rings. The van der Waals surface area contributed by atoms with Crippen molar-refractivity contribution in [2.75, 3.05) is 6.61 Å². The van der Waals surface area contributed by atoms with Gasteiger partial charge >= 0.3 is 0 Å². The van der Waals surface area contributed by atoms with Crippen LogP contribution < -0.4 is 0 Å². The van der Waals surface area contributed by atoms with E-state index in [1.807, 2.05) is 6.07 Å². The lowest BCUT2D eigenvalue weighted by Crippen LogP contribution is -1.80. The summed E-state index contributed by atoms with van der Waals surface area (Å²) >= 11 is 0. The molecule has 1 saturated heterocycles. The summed E-state index contributed by atoms with van der Waals surface area (Å²) in [5.74, 6) is -0.187. The van der Waals surface area contributed by atoms with Crippen LogP contribution in [0.3, 0.4) is 0 Å². The highest BCUT2D eigenvalue weighted by Crippen LogP contribution is 2.29. The molecular weight excluding hydrogens is 131 g/mol. The molecule has 0 amide bonds. The van der Waals surface area contributed by atoms with Crippen molar-refractivity contribution in [1.29, 1.82) is 0 Å². The Morgan fingerprint density at radius 3 is 2.90 bits per heavy atom. The summed E-state index contributed by atoms with van der Waals surface area (Å²) < 4.78 is 17.5. The molecule has 0 bridgehead atoms. The van der Waals surface area contributed by atoms with Gasteiger partial charge in [0.25, 0.3) is 0 Å². The van der Waals surface area contributed by atoms with E-state index in [0.29, 0.717) is 0 Å². The quantitative estimate of drug-likeness (QED) is 0.540. The van der Waals surface area contributed by atoms with E-state index >= 15 is 0 Å². The topological polar surface area (TPSA) is 12.5 Å². The van der Waals surface area contributed by atoms with Crippen molar-refractivity contribution in [1.82, 2.24) is 0 Å². The Hall–Kier alpha value is -0.890. The number of ether oxygens (including phenoxy) is 1. The standard InChI is InChI=1S/C8H7FO/c9-7-3-1-2-6(4-7)8-5-10-8/h1-4,8H,5H2/t8-/m0/s1. The molecule has 1 heterocycles. The van der Waals surface area contributed by atoms with Crippen molar-refractivity contribution in [3.63, 3.8) is 0 Å². The number of benzene rings is 1. The molecular formula is C8H7FO. The van der Waals surface area contributed by atoms with Crippen LogP contribution in [0.5, 0.6) is 0 Å². The van der Waals surface area contributed by atoms with Gasteiger partial charge in [-0.25, -0.2) is 4.39 Å². The van der Waals surface area contributed by atoms with Crippen LogP contribution in [0.25, 0.3) is 0 Å². The third-order valence-corrected chi connectivity index (χ3v) is 1.55. The molecule has 0 unspecified atom stereocenters. The lowest BCUT2D eigenvalue weighted by atomic mass is 10.2. The van der Waals surface area contributed by atoms with Crippen LogP contribution >= 0.6 is 0 Å². The fourth-order valence-electron chi connectivity index (χ4n) is 0.947. The van der Waals surface area contributed by atoms with Crippen molar-refractivity contribution in [3.05, 3.63) is 35.6 Å². The fourth-order valence-corrected chi connectivity index (χ4v) is 0.947. The highest BCUT2D eigenvalue weighted by Gasteiger charge is 2.24. The zero-order valence-electron chi connectivity index (χ0n) is 5.38. The van der Waals surface area contributed by atoms with Crippen LogP contribution in [-0.2, 0) is 4.74 Å². The maximum Gasteiger partial charge on any atom is 0.123 e. The van der Waals surface area contributed by atoms with E-state index in [1.54, 1.807) is 6.07 Å². The maximum absolute atomic E-state index is 12.5. The zero-order valence-corrected chi connectivity index (χ0v) is 5.38. The molecule has 1 nitrogen and oxygen atoms in total. The molecule has 1 atom stereocenters. The van der Waals surface area contributed by atoms with Crippen molar-refractivity contribution in [2.24, 2.45) is 0 Å². The van der Waals surface area contributed by atoms with E-state index in [1.165, 1.54) is 12.1 Å². The number of halogens is 1. The summed E-state index contributed by atoms with van der Waals surface area (Å²) in [7, 11) is 0. The Morgan fingerprint density at radius 2 is 2.30 bits per heavy atom. The molecule has 2 rings (SSSR count). The molecule has 1 aromatic rings. The smallest absolute Gasteiger partial charge is 0.123 e. The molecule has 0 radical (unpaired) electrons. The van der Waals surface area contributed by atoms with Crippen LogP contribution in [0.2, 0.25) is 0 Å². The third-order valence-electron chi connectivity index (χ3n) is 1.55. The van der Waals surface area contributed by atoms with Gasteiger partial charge in [-0.05, 0) is 17.7 Å². The van der Waals surface area contributed by atoms with Crippen LogP contribution in [0.15, 0.2) is 24.3 Å². The predicted molar refractivity (Wildman–Crippen MR) is 35.1 cm³/mol. The minimum Gasteiger partial charge on any atom is -0.368 e. The van der Waals surface area contributed by atoms with Crippen molar-refractivity contribution < 1.29 is 9.13 Å². The van der Waals surface area contributed by atoms with E-state index in [-0.39, 0.29) is 11.9 Å². The Kier molecular flexibility index (Phi) is 1.21. The summed E-state index contributed by atoms with van der Waals surface area (Å²) in [5.41, 5.74) is 0.944. The molecule has 0 aromatic heterocycles. The van der Waals surface area contributed by atoms with Crippen molar-refractivity contribution in [2.45, 2.75) is 6.10 Å². The molecule has 1 aliphatic rings. The number of hydrogen-bond donors (Lipinski definition) is 0. The molecule has 52 valence electrons. The van der Waals surface area contributed by atoms with Crippen molar-refractivity contribution >= 4 is 0 Å². The fraction of sp³-hybridized carbons (Fsp3) is 0.250. The summed E-state index contributed by atoms with van der Waals surface area (Å²) in [6, 6.07) is 6.52. The number of hydrogen-bond acceptors (Lipinski definition) is 1.